The maximum Gasteiger partial charge on any atom is 0.303 e. The monoisotopic (exact) mass is 536 g/mol. The summed E-state index contributed by atoms with van der Waals surface area (Å²) in [7, 11) is 0. The van der Waals surface area contributed by atoms with Gasteiger partial charge in [-0.3, -0.25) is 4.79 Å². The molecule has 40 heavy (non-hydrogen) atoms. The molecule has 0 unspecified atom stereocenters. The molecule has 0 aromatic heterocycles. The first kappa shape index (κ1) is 26.2. The molecule has 1 aliphatic carbocycles. The van der Waals surface area contributed by atoms with E-state index in [9.17, 15) is 15.0 Å². The van der Waals surface area contributed by atoms with Crippen LogP contribution in [-0.4, -0.2) is 33.3 Å². The fraction of sp³-hybridized carbons (Fsp3) is 0.394. The number of nitrogens with one attached hydrogen (secondary N) is 1. The number of aliphatic hydroxyl groups excluding tert-OH is 1. The van der Waals surface area contributed by atoms with Crippen LogP contribution in [-0.2, 0) is 4.79 Å². The Morgan fingerprint density at radius 3 is 2.20 bits per heavy atom. The van der Waals surface area contributed by atoms with Gasteiger partial charge in [0.2, 0.25) is 0 Å². The van der Waals surface area contributed by atoms with Crippen LogP contribution < -0.4 is 5.32 Å². The zero-order valence-corrected chi connectivity index (χ0v) is 24.1. The minimum atomic E-state index is -0.808. The van der Waals surface area contributed by atoms with Gasteiger partial charge in [0, 0.05) is 47.2 Å². The van der Waals surface area contributed by atoms with Gasteiger partial charge in [-0.25, -0.2) is 15.0 Å². The molecule has 1 saturated heterocycles. The van der Waals surface area contributed by atoms with Crippen molar-refractivity contribution in [1.29, 1.82) is 0 Å². The van der Waals surface area contributed by atoms with E-state index < -0.39 is 5.97 Å². The van der Waals surface area contributed by atoms with Gasteiger partial charge in [0.25, 0.3) is 0 Å². The van der Waals surface area contributed by atoms with Gasteiger partial charge in [0.1, 0.15) is 5.76 Å². The minimum absolute atomic E-state index is 0.0311. The molecule has 7 nitrogen and oxygen atoms in total. The molecule has 0 aromatic carbocycles. The SMILES string of the molecule is CCC1=C(C)C2=NC1=CC1=C(C)C3=C(O)CC(=C4NC(=CC5=NC(=C2)C(CC)=C5C)[C@@H](C)[C@H]4CCC(=O)O)C3=N1. The smallest absolute Gasteiger partial charge is 0.303 e. The summed E-state index contributed by atoms with van der Waals surface area (Å²) < 4.78 is 0. The molecular formula is C33H36N4O3. The third kappa shape index (κ3) is 3.94. The summed E-state index contributed by atoms with van der Waals surface area (Å²) in [6.45, 7) is 12.7. The van der Waals surface area contributed by atoms with Crippen molar-refractivity contribution in [3.8, 4) is 0 Å². The third-order valence-electron chi connectivity index (χ3n) is 9.21. The summed E-state index contributed by atoms with van der Waals surface area (Å²) in [5.41, 5.74) is 14.7. The number of carboxylic acid groups (broad SMARTS) is 1. The molecule has 6 aliphatic rings. The predicted octanol–water partition coefficient (Wildman–Crippen LogP) is 6.93. The first-order valence-corrected chi connectivity index (χ1v) is 14.3. The van der Waals surface area contributed by atoms with Gasteiger partial charge in [0.15, 0.2) is 0 Å². The number of rotatable bonds is 5. The molecule has 5 aliphatic heterocycles. The number of hydrogen-bond acceptors (Lipinski definition) is 6. The second-order valence-corrected chi connectivity index (χ2v) is 11.4. The van der Waals surface area contributed by atoms with Gasteiger partial charge in [-0.05, 0) is 86.1 Å². The van der Waals surface area contributed by atoms with Gasteiger partial charge in [0.05, 0.1) is 34.2 Å². The molecule has 0 aromatic rings. The van der Waals surface area contributed by atoms with Crippen molar-refractivity contribution in [2.24, 2.45) is 26.8 Å². The Morgan fingerprint density at radius 1 is 0.950 bits per heavy atom. The van der Waals surface area contributed by atoms with Gasteiger partial charge in [-0.15, -0.1) is 0 Å². The van der Waals surface area contributed by atoms with E-state index in [1.165, 1.54) is 11.1 Å². The first-order valence-electron chi connectivity index (χ1n) is 14.3. The van der Waals surface area contributed by atoms with Crippen molar-refractivity contribution in [3.63, 3.8) is 0 Å². The van der Waals surface area contributed by atoms with Crippen molar-refractivity contribution in [2.75, 3.05) is 0 Å². The number of hydrogen-bond donors (Lipinski definition) is 3. The lowest BCUT2D eigenvalue weighted by atomic mass is 9.86. The van der Waals surface area contributed by atoms with Crippen molar-refractivity contribution in [3.05, 3.63) is 91.5 Å². The van der Waals surface area contributed by atoms with Crippen molar-refractivity contribution in [1.82, 2.24) is 5.32 Å². The Bertz CT molecular complexity index is 1630. The minimum Gasteiger partial charge on any atom is -0.511 e. The molecule has 0 radical (unpaired) electrons. The van der Waals surface area contributed by atoms with E-state index in [4.69, 9.17) is 15.0 Å². The van der Waals surface area contributed by atoms with E-state index >= 15 is 0 Å². The van der Waals surface area contributed by atoms with E-state index in [1.807, 2.05) is 13.0 Å². The molecule has 0 amide bonds. The number of aliphatic imine (C=N–C) groups is 3. The molecule has 3 N–H and O–H groups in total. The van der Waals surface area contributed by atoms with Crippen LogP contribution in [0.4, 0.5) is 0 Å². The van der Waals surface area contributed by atoms with E-state index in [1.54, 1.807) is 0 Å². The Hall–Kier alpha value is -4.00. The van der Waals surface area contributed by atoms with Crippen LogP contribution in [0, 0.1) is 11.8 Å². The average Bonchev–Trinajstić information content (AvgIpc) is 3.65. The zero-order valence-electron chi connectivity index (χ0n) is 24.1. The van der Waals surface area contributed by atoms with E-state index in [0.717, 1.165) is 86.3 Å². The zero-order chi connectivity index (χ0) is 28.5. The topological polar surface area (TPSA) is 107 Å². The van der Waals surface area contributed by atoms with E-state index in [2.05, 4.69) is 52.1 Å². The second kappa shape index (κ2) is 9.58. The predicted molar refractivity (Wildman–Crippen MR) is 159 cm³/mol. The van der Waals surface area contributed by atoms with Crippen LogP contribution in [0.15, 0.2) is 106 Å². The van der Waals surface area contributed by atoms with Crippen LogP contribution in [0.25, 0.3) is 0 Å². The van der Waals surface area contributed by atoms with Crippen LogP contribution in [0.5, 0.6) is 0 Å². The van der Waals surface area contributed by atoms with Crippen molar-refractivity contribution < 1.29 is 15.0 Å². The van der Waals surface area contributed by atoms with Crippen LogP contribution in [0.1, 0.15) is 73.6 Å². The molecule has 7 heteroatoms. The van der Waals surface area contributed by atoms with Gasteiger partial charge < -0.3 is 15.5 Å². The number of carboxylic acids is 1. The van der Waals surface area contributed by atoms with Crippen molar-refractivity contribution in [2.45, 2.75) is 73.6 Å². The molecule has 8 bridgehead atoms. The number of allylic oxidation sites excluding steroid dienone is 12. The molecule has 5 heterocycles. The molecular weight excluding hydrogens is 500 g/mol. The number of aliphatic hydroxyl groups is 1. The Balaban J connectivity index is 1.61. The highest BCUT2D eigenvalue weighted by Crippen LogP contribution is 2.46. The average molecular weight is 537 g/mol. The molecule has 206 valence electrons. The summed E-state index contributed by atoms with van der Waals surface area (Å²) in [5, 5.41) is 24.3. The quantitative estimate of drug-likeness (QED) is 0.354. The van der Waals surface area contributed by atoms with Crippen LogP contribution in [0.3, 0.4) is 0 Å². The largest absolute Gasteiger partial charge is 0.511 e. The summed E-state index contributed by atoms with van der Waals surface area (Å²) in [6.07, 6.45) is 8.96. The Morgan fingerprint density at radius 2 is 1.57 bits per heavy atom. The van der Waals surface area contributed by atoms with E-state index in [0.29, 0.717) is 18.6 Å². The van der Waals surface area contributed by atoms with Gasteiger partial charge in [-0.2, -0.15) is 0 Å². The highest BCUT2D eigenvalue weighted by atomic mass is 16.4. The number of carbonyl (C=O) groups is 1. The Kier molecular flexibility index (Phi) is 6.28. The summed E-state index contributed by atoms with van der Waals surface area (Å²) in [6, 6.07) is 0. The maximum absolute atomic E-state index is 11.6. The molecule has 1 fully saturated rings. The van der Waals surface area contributed by atoms with E-state index in [-0.39, 0.29) is 18.3 Å². The van der Waals surface area contributed by atoms with Gasteiger partial charge >= 0.3 is 5.97 Å². The molecule has 6 rings (SSSR count). The molecule has 0 saturated carbocycles. The number of nitrogens with zero attached hydrogens (tertiary/aromatic N) is 3. The summed E-state index contributed by atoms with van der Waals surface area (Å²) >= 11 is 0. The number of aliphatic carboxylic acids is 1. The third-order valence-corrected chi connectivity index (χ3v) is 9.21. The fourth-order valence-corrected chi connectivity index (χ4v) is 6.88. The van der Waals surface area contributed by atoms with Crippen LogP contribution >= 0.6 is 0 Å². The Labute approximate surface area is 235 Å². The normalized spacial score (nSPS) is 25.4. The van der Waals surface area contributed by atoms with Gasteiger partial charge in [-0.1, -0.05) is 20.8 Å². The highest BCUT2D eigenvalue weighted by Gasteiger charge is 2.41. The maximum atomic E-state index is 11.6. The summed E-state index contributed by atoms with van der Waals surface area (Å²) in [4.78, 5) is 26.8. The van der Waals surface area contributed by atoms with Crippen LogP contribution in [0.2, 0.25) is 0 Å². The van der Waals surface area contributed by atoms with Crippen molar-refractivity contribution >= 4 is 23.1 Å². The lowest BCUT2D eigenvalue weighted by Gasteiger charge is -2.17. The standard InChI is InChI=1S/C33H36N4O3/c1-7-19-15(3)23-12-25-17(5)21(9-10-30(39)40)32(36-25)22-11-29(38)31-18(6)26(37-33(22)31)14-28-20(8-2)16(4)24(35-28)13-27(19)34-23/h12-14,17,21,36,38H,7-11H2,1-6H3,(H,39,40)/t17-,21+/m0/s1. The second-order valence-electron chi connectivity index (χ2n) is 11.4. The number of fused-ring (bicyclic) bond motifs is 5. The lowest BCUT2D eigenvalue weighted by Crippen LogP contribution is -2.15. The molecule has 0 spiro atoms. The lowest BCUT2D eigenvalue weighted by molar-refractivity contribution is -0.137. The first-order chi connectivity index (χ1) is 19.1. The highest BCUT2D eigenvalue weighted by molar-refractivity contribution is 6.21. The summed E-state index contributed by atoms with van der Waals surface area (Å²) in [5.74, 6) is -0.462. The molecule has 2 atom stereocenters. The fourth-order valence-electron chi connectivity index (χ4n) is 6.88.